The van der Waals surface area contributed by atoms with Crippen molar-refractivity contribution >= 4 is 17.9 Å². The molecule has 0 radical (unpaired) electrons. The van der Waals surface area contributed by atoms with Crippen molar-refractivity contribution in [2.75, 3.05) is 13.2 Å². The smallest absolute Gasteiger partial charge is 0.306 e. The highest BCUT2D eigenvalue weighted by molar-refractivity contribution is 5.71. The van der Waals surface area contributed by atoms with Gasteiger partial charge in [0.1, 0.15) is 13.2 Å². The number of allylic oxidation sites excluding steroid dienone is 10. The van der Waals surface area contributed by atoms with E-state index in [1.54, 1.807) is 0 Å². The molecule has 0 aromatic rings. The molecule has 0 aliphatic carbocycles. The topological polar surface area (TPSA) is 78.9 Å². The Labute approximate surface area is 390 Å². The zero-order valence-corrected chi connectivity index (χ0v) is 41.6. The van der Waals surface area contributed by atoms with Gasteiger partial charge in [-0.2, -0.15) is 0 Å². The van der Waals surface area contributed by atoms with Crippen molar-refractivity contribution in [1.29, 1.82) is 0 Å². The number of rotatable bonds is 48. The van der Waals surface area contributed by atoms with Crippen LogP contribution < -0.4 is 0 Å². The highest BCUT2D eigenvalue weighted by Gasteiger charge is 2.19. The fourth-order valence-corrected chi connectivity index (χ4v) is 7.38. The van der Waals surface area contributed by atoms with Gasteiger partial charge in [0, 0.05) is 19.3 Å². The molecule has 0 rings (SSSR count). The third-order valence-electron chi connectivity index (χ3n) is 11.5. The Hall–Kier alpha value is -2.89. The molecule has 0 aromatic carbocycles. The Balaban J connectivity index is 4.43. The summed E-state index contributed by atoms with van der Waals surface area (Å²) < 4.78 is 16.8. The molecule has 0 heterocycles. The van der Waals surface area contributed by atoms with Crippen molar-refractivity contribution in [3.05, 3.63) is 60.8 Å². The number of hydrogen-bond acceptors (Lipinski definition) is 6. The molecular weight excluding hydrogens is 781 g/mol. The van der Waals surface area contributed by atoms with Crippen molar-refractivity contribution < 1.29 is 28.6 Å². The van der Waals surface area contributed by atoms with Gasteiger partial charge < -0.3 is 14.2 Å². The number of esters is 3. The van der Waals surface area contributed by atoms with Gasteiger partial charge in [-0.3, -0.25) is 14.4 Å². The number of carbonyl (C=O) groups excluding carboxylic acids is 3. The van der Waals surface area contributed by atoms with E-state index >= 15 is 0 Å². The maximum absolute atomic E-state index is 12.8. The summed E-state index contributed by atoms with van der Waals surface area (Å²) >= 11 is 0. The summed E-state index contributed by atoms with van der Waals surface area (Å²) in [4.78, 5) is 38.0. The summed E-state index contributed by atoms with van der Waals surface area (Å²) in [5, 5.41) is 0. The van der Waals surface area contributed by atoms with E-state index in [-0.39, 0.29) is 31.1 Å². The molecule has 6 heteroatoms. The fraction of sp³-hybridized carbons (Fsp3) is 0.772. The zero-order chi connectivity index (χ0) is 45.8. The van der Waals surface area contributed by atoms with E-state index in [4.69, 9.17) is 14.2 Å². The van der Waals surface area contributed by atoms with Crippen LogP contribution >= 0.6 is 0 Å². The molecule has 0 aromatic heterocycles. The van der Waals surface area contributed by atoms with Gasteiger partial charge in [0.05, 0.1) is 0 Å². The molecule has 63 heavy (non-hydrogen) atoms. The summed E-state index contributed by atoms with van der Waals surface area (Å²) in [7, 11) is 0. The maximum Gasteiger partial charge on any atom is 0.306 e. The van der Waals surface area contributed by atoms with E-state index in [9.17, 15) is 14.4 Å². The van der Waals surface area contributed by atoms with Crippen molar-refractivity contribution in [3.8, 4) is 0 Å². The van der Waals surface area contributed by atoms with E-state index in [0.29, 0.717) is 19.3 Å². The molecule has 0 aliphatic rings. The van der Waals surface area contributed by atoms with Crippen molar-refractivity contribution in [2.45, 2.75) is 271 Å². The summed E-state index contributed by atoms with van der Waals surface area (Å²) in [6.07, 6.45) is 63.4. The van der Waals surface area contributed by atoms with E-state index in [0.717, 1.165) is 89.9 Å². The van der Waals surface area contributed by atoms with Gasteiger partial charge in [0.15, 0.2) is 6.10 Å². The Morgan fingerprint density at radius 3 is 0.937 bits per heavy atom. The third kappa shape index (κ3) is 50.0. The van der Waals surface area contributed by atoms with Crippen LogP contribution in [0.25, 0.3) is 0 Å². The molecule has 364 valence electrons. The van der Waals surface area contributed by atoms with Crippen LogP contribution in [-0.4, -0.2) is 37.2 Å². The predicted molar refractivity (Wildman–Crippen MR) is 270 cm³/mol. The summed E-state index contributed by atoms with van der Waals surface area (Å²) in [6.45, 7) is 6.56. The quantitative estimate of drug-likeness (QED) is 0.0262. The number of hydrogen-bond donors (Lipinski definition) is 0. The first-order chi connectivity index (χ1) is 31.0. The predicted octanol–water partition coefficient (Wildman–Crippen LogP) is 17.6. The summed E-state index contributed by atoms with van der Waals surface area (Å²) in [6, 6.07) is 0. The Bertz CT molecular complexity index is 1150. The highest BCUT2D eigenvalue weighted by Crippen LogP contribution is 2.14. The molecule has 0 N–H and O–H groups in total. The Kier molecular flexibility index (Phi) is 49.4. The maximum atomic E-state index is 12.8. The van der Waals surface area contributed by atoms with Crippen LogP contribution in [0.2, 0.25) is 0 Å². The standard InChI is InChI=1S/C57H100O6/c1-4-7-10-13-16-19-22-25-27-28-30-33-36-39-42-45-48-51-57(60)63-54(52-61-55(58)49-46-43-40-37-34-31-24-21-18-15-12-9-6-3)53-62-56(59)50-47-44-41-38-35-32-29-26-23-20-17-14-11-8-5-2/h16,19-21,23-25,27,30,33,54H,4-15,17-18,22,26,28-29,31-32,34-53H2,1-3H3/b19-16-,23-20-,24-21-,27-25-,33-30-/t54-/m0/s1. The van der Waals surface area contributed by atoms with E-state index in [2.05, 4.69) is 81.5 Å². The Morgan fingerprint density at radius 2 is 0.571 bits per heavy atom. The first-order valence-electron chi connectivity index (χ1n) is 26.8. The van der Waals surface area contributed by atoms with Crippen LogP contribution in [0.4, 0.5) is 0 Å². The van der Waals surface area contributed by atoms with Crippen LogP contribution in [0.3, 0.4) is 0 Å². The minimum atomic E-state index is -0.790. The molecule has 6 nitrogen and oxygen atoms in total. The molecule has 0 spiro atoms. The monoisotopic (exact) mass is 881 g/mol. The van der Waals surface area contributed by atoms with Crippen LogP contribution in [-0.2, 0) is 28.6 Å². The van der Waals surface area contributed by atoms with Gasteiger partial charge >= 0.3 is 17.9 Å². The summed E-state index contributed by atoms with van der Waals surface area (Å²) in [5.41, 5.74) is 0. The first kappa shape index (κ1) is 60.1. The Morgan fingerprint density at radius 1 is 0.317 bits per heavy atom. The van der Waals surface area contributed by atoms with Gasteiger partial charge in [-0.15, -0.1) is 0 Å². The highest BCUT2D eigenvalue weighted by atomic mass is 16.6. The molecule has 0 saturated heterocycles. The summed E-state index contributed by atoms with van der Waals surface area (Å²) in [5.74, 6) is -0.917. The van der Waals surface area contributed by atoms with Gasteiger partial charge in [0.25, 0.3) is 0 Å². The van der Waals surface area contributed by atoms with Crippen LogP contribution in [0.15, 0.2) is 60.8 Å². The molecule has 0 saturated carbocycles. The minimum Gasteiger partial charge on any atom is -0.462 e. The molecular formula is C57H100O6. The lowest BCUT2D eigenvalue weighted by Gasteiger charge is -2.18. The second-order valence-electron chi connectivity index (χ2n) is 17.8. The molecule has 0 amide bonds. The lowest BCUT2D eigenvalue weighted by Crippen LogP contribution is -2.30. The molecule has 0 fully saturated rings. The second-order valence-corrected chi connectivity index (χ2v) is 17.8. The lowest BCUT2D eigenvalue weighted by atomic mass is 10.1. The SMILES string of the molecule is CCCCC/C=C\C/C=C\C/C=C\CCCCCCC(=O)O[C@@H](COC(=O)CCCCCCC/C=C\CCCCCC)COC(=O)CCCCCCCCC/C=C\CCCCCC. The largest absolute Gasteiger partial charge is 0.462 e. The molecule has 0 bridgehead atoms. The van der Waals surface area contributed by atoms with E-state index in [1.807, 2.05) is 0 Å². The van der Waals surface area contributed by atoms with E-state index in [1.165, 1.54) is 135 Å². The normalized spacial score (nSPS) is 12.5. The van der Waals surface area contributed by atoms with Crippen molar-refractivity contribution in [3.63, 3.8) is 0 Å². The van der Waals surface area contributed by atoms with Gasteiger partial charge in [-0.1, -0.05) is 197 Å². The lowest BCUT2D eigenvalue weighted by molar-refractivity contribution is -0.167. The average Bonchev–Trinajstić information content (AvgIpc) is 3.28. The molecule has 1 atom stereocenters. The van der Waals surface area contributed by atoms with E-state index < -0.39 is 6.10 Å². The van der Waals surface area contributed by atoms with Crippen LogP contribution in [0.5, 0.6) is 0 Å². The average molecular weight is 881 g/mol. The number of ether oxygens (including phenoxy) is 3. The fourth-order valence-electron chi connectivity index (χ4n) is 7.38. The number of unbranched alkanes of at least 4 members (excludes halogenated alkanes) is 27. The van der Waals surface area contributed by atoms with Crippen molar-refractivity contribution in [2.24, 2.45) is 0 Å². The van der Waals surface area contributed by atoms with Gasteiger partial charge in [-0.05, 0) is 109 Å². The second kappa shape index (κ2) is 51.7. The van der Waals surface area contributed by atoms with Gasteiger partial charge in [0.2, 0.25) is 0 Å². The van der Waals surface area contributed by atoms with Crippen LogP contribution in [0.1, 0.15) is 265 Å². The molecule has 0 aliphatic heterocycles. The van der Waals surface area contributed by atoms with Crippen LogP contribution in [0, 0.1) is 0 Å². The van der Waals surface area contributed by atoms with Gasteiger partial charge in [-0.25, -0.2) is 0 Å². The first-order valence-corrected chi connectivity index (χ1v) is 26.8. The third-order valence-corrected chi connectivity index (χ3v) is 11.5. The van der Waals surface area contributed by atoms with Crippen molar-refractivity contribution in [1.82, 2.24) is 0 Å². The molecule has 0 unspecified atom stereocenters. The zero-order valence-electron chi connectivity index (χ0n) is 41.6. The number of carbonyl (C=O) groups is 3. The minimum absolute atomic E-state index is 0.0878.